The van der Waals surface area contributed by atoms with Crippen LogP contribution in [0, 0.1) is 17.1 Å². The van der Waals surface area contributed by atoms with Crippen LogP contribution in [0.15, 0.2) is 24.5 Å². The molecule has 0 aliphatic heterocycles. The Hall–Kier alpha value is -2.26. The lowest BCUT2D eigenvalue weighted by Gasteiger charge is -2.05. The van der Waals surface area contributed by atoms with Crippen LogP contribution in [0.25, 0.3) is 0 Å². The summed E-state index contributed by atoms with van der Waals surface area (Å²) in [6.45, 7) is 0.889. The molecule has 1 N–H and O–H groups in total. The molecule has 18 heavy (non-hydrogen) atoms. The van der Waals surface area contributed by atoms with Crippen LogP contribution in [0.5, 0.6) is 0 Å². The van der Waals surface area contributed by atoms with E-state index in [1.165, 1.54) is 6.07 Å². The highest BCUT2D eigenvalue weighted by atomic mass is 19.1. The van der Waals surface area contributed by atoms with Crippen LogP contribution in [0.1, 0.15) is 17.0 Å². The van der Waals surface area contributed by atoms with E-state index in [0.29, 0.717) is 24.2 Å². The number of aryl methyl sites for hydroxylation is 1. The summed E-state index contributed by atoms with van der Waals surface area (Å²) in [5.74, 6) is 0.406. The van der Waals surface area contributed by atoms with Crippen LogP contribution in [-0.4, -0.2) is 14.8 Å². The van der Waals surface area contributed by atoms with Crippen molar-refractivity contribution < 1.29 is 4.39 Å². The molecule has 0 fully saturated rings. The van der Waals surface area contributed by atoms with Crippen molar-refractivity contribution in [3.8, 4) is 6.07 Å². The lowest BCUT2D eigenvalue weighted by molar-refractivity contribution is 0.577. The zero-order valence-corrected chi connectivity index (χ0v) is 9.89. The molecule has 2 aromatic rings. The third-order valence-electron chi connectivity index (χ3n) is 2.59. The second kappa shape index (κ2) is 5.38. The minimum Gasteiger partial charge on any atom is -0.320 e. The van der Waals surface area contributed by atoms with E-state index in [1.807, 2.05) is 13.1 Å². The van der Waals surface area contributed by atoms with E-state index in [2.05, 4.69) is 15.5 Å². The number of nitrogens with one attached hydrogen (secondary N) is 1. The monoisotopic (exact) mass is 245 g/mol. The minimum absolute atomic E-state index is 0.324. The number of hydrogen-bond donors (Lipinski definition) is 1. The maximum Gasteiger partial charge on any atom is 0.146 e. The van der Waals surface area contributed by atoms with Gasteiger partial charge in [0.2, 0.25) is 0 Å². The van der Waals surface area contributed by atoms with Crippen LogP contribution < -0.4 is 5.32 Å². The van der Waals surface area contributed by atoms with Crippen molar-refractivity contribution in [2.45, 2.75) is 13.1 Å². The number of aromatic nitrogens is 3. The summed E-state index contributed by atoms with van der Waals surface area (Å²) in [7, 11) is 1.85. The van der Waals surface area contributed by atoms with Crippen molar-refractivity contribution in [1.29, 1.82) is 5.26 Å². The average molecular weight is 245 g/mol. The van der Waals surface area contributed by atoms with Crippen LogP contribution in [-0.2, 0) is 20.1 Å². The van der Waals surface area contributed by atoms with Gasteiger partial charge in [-0.2, -0.15) is 5.26 Å². The van der Waals surface area contributed by atoms with Crippen molar-refractivity contribution in [3.05, 3.63) is 47.3 Å². The van der Waals surface area contributed by atoms with E-state index in [-0.39, 0.29) is 5.82 Å². The molecule has 0 unspecified atom stereocenters. The van der Waals surface area contributed by atoms with E-state index in [1.54, 1.807) is 23.0 Å². The molecule has 0 spiro atoms. The summed E-state index contributed by atoms with van der Waals surface area (Å²) in [4.78, 5) is 0. The summed E-state index contributed by atoms with van der Waals surface area (Å²) in [6, 6.07) is 6.34. The van der Waals surface area contributed by atoms with Gasteiger partial charge in [0, 0.05) is 19.2 Å². The molecule has 0 amide bonds. The van der Waals surface area contributed by atoms with Gasteiger partial charge in [-0.15, -0.1) is 10.2 Å². The lowest BCUT2D eigenvalue weighted by Crippen LogP contribution is -2.16. The minimum atomic E-state index is -0.375. The molecule has 0 saturated carbocycles. The number of rotatable bonds is 4. The Morgan fingerprint density at radius 3 is 2.89 bits per heavy atom. The van der Waals surface area contributed by atoms with Crippen LogP contribution >= 0.6 is 0 Å². The predicted octanol–water partition coefficient (Wildman–Crippen LogP) is 1.12. The molecular weight excluding hydrogens is 233 g/mol. The molecule has 1 aromatic heterocycles. The number of benzene rings is 1. The summed E-state index contributed by atoms with van der Waals surface area (Å²) >= 11 is 0. The van der Waals surface area contributed by atoms with Gasteiger partial charge in [0.25, 0.3) is 0 Å². The normalized spacial score (nSPS) is 10.3. The van der Waals surface area contributed by atoms with E-state index < -0.39 is 0 Å². The largest absolute Gasteiger partial charge is 0.320 e. The first-order valence-electron chi connectivity index (χ1n) is 5.43. The van der Waals surface area contributed by atoms with Gasteiger partial charge in [0.1, 0.15) is 18.0 Å². The molecule has 2 rings (SSSR count). The maximum absolute atomic E-state index is 13.6. The zero-order chi connectivity index (χ0) is 13.0. The molecule has 92 valence electrons. The molecule has 0 aliphatic rings. The predicted molar refractivity (Wildman–Crippen MR) is 62.7 cm³/mol. The van der Waals surface area contributed by atoms with Crippen molar-refractivity contribution in [2.75, 3.05) is 0 Å². The highest BCUT2D eigenvalue weighted by molar-refractivity contribution is 5.32. The van der Waals surface area contributed by atoms with Crippen LogP contribution in [0.2, 0.25) is 0 Å². The molecule has 0 atom stereocenters. The molecule has 1 heterocycles. The molecular formula is C12H12FN5. The third-order valence-corrected chi connectivity index (χ3v) is 2.59. The van der Waals surface area contributed by atoms with Gasteiger partial charge < -0.3 is 9.88 Å². The lowest BCUT2D eigenvalue weighted by atomic mass is 10.1. The highest BCUT2D eigenvalue weighted by Crippen LogP contribution is 2.09. The fourth-order valence-corrected chi connectivity index (χ4v) is 1.54. The topological polar surface area (TPSA) is 66.5 Å². The van der Waals surface area contributed by atoms with Crippen LogP contribution in [0.3, 0.4) is 0 Å². The first-order chi connectivity index (χ1) is 8.70. The fraction of sp³-hybridized carbons (Fsp3) is 0.250. The summed E-state index contributed by atoms with van der Waals surface area (Å²) < 4.78 is 15.4. The highest BCUT2D eigenvalue weighted by Gasteiger charge is 2.04. The quantitative estimate of drug-likeness (QED) is 0.876. The van der Waals surface area contributed by atoms with E-state index in [9.17, 15) is 4.39 Å². The smallest absolute Gasteiger partial charge is 0.146 e. The zero-order valence-electron chi connectivity index (χ0n) is 9.89. The van der Waals surface area contributed by atoms with E-state index >= 15 is 0 Å². The standard InChI is InChI=1S/C12H12FN5/c1-18-8-16-17-12(18)7-15-6-10-3-2-9(5-14)4-11(10)13/h2-4,8,15H,6-7H2,1H3. The van der Waals surface area contributed by atoms with Gasteiger partial charge in [0.05, 0.1) is 18.2 Å². The Morgan fingerprint density at radius 1 is 1.44 bits per heavy atom. The fourth-order valence-electron chi connectivity index (χ4n) is 1.54. The van der Waals surface area contributed by atoms with Crippen LogP contribution in [0.4, 0.5) is 4.39 Å². The van der Waals surface area contributed by atoms with Gasteiger partial charge in [-0.25, -0.2) is 4.39 Å². The Labute approximate surface area is 104 Å². The van der Waals surface area contributed by atoms with E-state index in [4.69, 9.17) is 5.26 Å². The molecule has 5 nitrogen and oxygen atoms in total. The SMILES string of the molecule is Cn1cnnc1CNCc1ccc(C#N)cc1F. The van der Waals surface area contributed by atoms with Crippen molar-refractivity contribution in [1.82, 2.24) is 20.1 Å². The third kappa shape index (κ3) is 2.70. The summed E-state index contributed by atoms with van der Waals surface area (Å²) in [5, 5.41) is 19.4. The van der Waals surface area contributed by atoms with Crippen molar-refractivity contribution in [2.24, 2.45) is 7.05 Å². The Bertz CT molecular complexity index is 584. The molecule has 0 bridgehead atoms. The molecule has 1 aromatic carbocycles. The first kappa shape index (κ1) is 12.2. The maximum atomic E-state index is 13.6. The Balaban J connectivity index is 1.95. The number of nitrogens with zero attached hydrogens (tertiary/aromatic N) is 4. The molecule has 6 heteroatoms. The number of halogens is 1. The second-order valence-corrected chi connectivity index (χ2v) is 3.88. The van der Waals surface area contributed by atoms with Gasteiger partial charge in [-0.3, -0.25) is 0 Å². The molecule has 0 radical (unpaired) electrons. The number of nitriles is 1. The average Bonchev–Trinajstić information content (AvgIpc) is 2.77. The molecule has 0 aliphatic carbocycles. The second-order valence-electron chi connectivity index (χ2n) is 3.88. The van der Waals surface area contributed by atoms with Crippen molar-refractivity contribution in [3.63, 3.8) is 0 Å². The Morgan fingerprint density at radius 2 is 2.28 bits per heavy atom. The Kier molecular flexibility index (Phi) is 3.65. The van der Waals surface area contributed by atoms with Gasteiger partial charge in [-0.1, -0.05) is 6.07 Å². The number of hydrogen-bond acceptors (Lipinski definition) is 4. The van der Waals surface area contributed by atoms with E-state index in [0.717, 1.165) is 5.82 Å². The van der Waals surface area contributed by atoms with Crippen molar-refractivity contribution >= 4 is 0 Å². The first-order valence-corrected chi connectivity index (χ1v) is 5.43. The summed E-state index contributed by atoms with van der Waals surface area (Å²) in [6.07, 6.45) is 1.61. The molecule has 0 saturated heterocycles. The van der Waals surface area contributed by atoms with Gasteiger partial charge in [0.15, 0.2) is 0 Å². The van der Waals surface area contributed by atoms with Gasteiger partial charge >= 0.3 is 0 Å². The summed E-state index contributed by atoms with van der Waals surface area (Å²) in [5.41, 5.74) is 0.848. The van der Waals surface area contributed by atoms with Gasteiger partial charge in [-0.05, 0) is 12.1 Å².